The van der Waals surface area contributed by atoms with Crippen LogP contribution in [0.3, 0.4) is 0 Å². The third-order valence-electron chi connectivity index (χ3n) is 9.96. The average Bonchev–Trinajstić information content (AvgIpc) is 3.09. The van der Waals surface area contributed by atoms with E-state index in [1.54, 1.807) is 27.7 Å². The smallest absolute Gasteiger partial charge is 0.255 e. The van der Waals surface area contributed by atoms with Crippen molar-refractivity contribution in [2.45, 2.75) is 155 Å². The molecule has 0 saturated heterocycles. The number of nitrogens with zero attached hydrogens (tertiary/aromatic N) is 1. The Kier molecular flexibility index (Phi) is 20.8. The maximum atomic E-state index is 14.1. The molecule has 0 heterocycles. The molecule has 1 fully saturated rings. The SMILES string of the molecule is CC[C@@](C)(O)[C@H](NC(=O)[C@@H](NC(=O)[C@H](CC1CCCCC1)N(S)C(=O)[C@H](CCN)NC(=O)[C@@H](CC(C)C)NC(=O)[C@@H](C)CCCN)C(C)C)C(N)=O. The maximum Gasteiger partial charge on any atom is 0.255 e. The van der Waals surface area contributed by atoms with Crippen molar-refractivity contribution in [1.82, 2.24) is 25.6 Å². The van der Waals surface area contributed by atoms with E-state index in [1.165, 1.54) is 6.92 Å². The summed E-state index contributed by atoms with van der Waals surface area (Å²) in [5.74, 6) is -4.49. The van der Waals surface area contributed by atoms with E-state index in [-0.39, 0.29) is 49.5 Å². The predicted octanol–water partition coefficient (Wildman–Crippen LogP) is 1.01. The molecular weight excluding hydrogens is 689 g/mol. The molecule has 1 aliphatic rings. The summed E-state index contributed by atoms with van der Waals surface area (Å²) in [4.78, 5) is 80.5. The monoisotopic (exact) mass is 756 g/mol. The molecule has 0 aromatic rings. The van der Waals surface area contributed by atoms with Crippen LogP contribution in [0.2, 0.25) is 0 Å². The van der Waals surface area contributed by atoms with E-state index in [1.807, 2.05) is 13.8 Å². The zero-order valence-electron chi connectivity index (χ0n) is 32.4. The van der Waals surface area contributed by atoms with Crippen molar-refractivity contribution in [3.8, 4) is 0 Å². The van der Waals surface area contributed by atoms with E-state index < -0.39 is 71.3 Å². The highest BCUT2D eigenvalue weighted by molar-refractivity contribution is 7.78. The topological polar surface area (TPSA) is 252 Å². The summed E-state index contributed by atoms with van der Waals surface area (Å²) in [6.07, 6.45) is 6.69. The molecule has 300 valence electrons. The van der Waals surface area contributed by atoms with Gasteiger partial charge in [0.15, 0.2) is 0 Å². The zero-order valence-corrected chi connectivity index (χ0v) is 33.3. The Morgan fingerprint density at radius 2 is 1.42 bits per heavy atom. The molecule has 16 heteroatoms. The Morgan fingerprint density at radius 1 is 0.827 bits per heavy atom. The molecule has 0 radical (unpaired) electrons. The van der Waals surface area contributed by atoms with Gasteiger partial charge in [-0.2, -0.15) is 0 Å². The van der Waals surface area contributed by atoms with Crippen molar-refractivity contribution in [3.63, 3.8) is 0 Å². The fourth-order valence-electron chi connectivity index (χ4n) is 6.39. The number of carbonyl (C=O) groups excluding carboxylic acids is 6. The molecule has 1 saturated carbocycles. The number of nitrogens with two attached hydrogens (primary N) is 3. The minimum absolute atomic E-state index is 0.0350. The Hall–Kier alpha value is -2.95. The van der Waals surface area contributed by atoms with Gasteiger partial charge in [0, 0.05) is 5.92 Å². The van der Waals surface area contributed by atoms with Crippen LogP contribution >= 0.6 is 12.8 Å². The normalized spacial score (nSPS) is 18.2. The molecule has 0 bridgehead atoms. The van der Waals surface area contributed by atoms with E-state index >= 15 is 0 Å². The van der Waals surface area contributed by atoms with Gasteiger partial charge in [0.05, 0.1) is 5.60 Å². The molecule has 1 rings (SSSR count). The standard InChI is InChI=1S/C36H68N8O7S/c1-8-36(7,51)29(30(39)45)43-34(49)28(22(4)5)42-33(48)27(20-24-14-10-9-11-15-24)44(52)35(50)25(16-18-38)40-32(47)26(19-21(2)3)41-31(46)23(6)13-12-17-37/h21-29,51-52H,8-20,37-38H2,1-7H3,(H2,39,45)(H,40,47)(H,41,46)(H,42,48)(H,43,49)/t23-,25-,26+,27-,28-,29+,36+/m0/s1. The Balaban J connectivity index is 3.37. The van der Waals surface area contributed by atoms with Crippen LogP contribution in [0.5, 0.6) is 0 Å². The third-order valence-corrected chi connectivity index (χ3v) is 10.4. The van der Waals surface area contributed by atoms with Gasteiger partial charge in [-0.25, -0.2) is 0 Å². The predicted molar refractivity (Wildman–Crippen MR) is 204 cm³/mol. The minimum atomic E-state index is -1.63. The lowest BCUT2D eigenvalue weighted by atomic mass is 9.84. The Morgan fingerprint density at radius 3 is 1.92 bits per heavy atom. The third kappa shape index (κ3) is 15.2. The first kappa shape index (κ1) is 47.1. The molecule has 0 spiro atoms. The van der Waals surface area contributed by atoms with Crippen molar-refractivity contribution in [1.29, 1.82) is 0 Å². The number of carbonyl (C=O) groups is 6. The van der Waals surface area contributed by atoms with Gasteiger partial charge in [-0.3, -0.25) is 33.1 Å². The second-order valence-electron chi connectivity index (χ2n) is 15.4. The molecule has 11 N–H and O–H groups in total. The van der Waals surface area contributed by atoms with Gasteiger partial charge in [-0.05, 0) is 76.3 Å². The number of primary amides is 1. The van der Waals surface area contributed by atoms with Crippen LogP contribution in [0, 0.1) is 23.7 Å². The van der Waals surface area contributed by atoms with Crippen LogP contribution in [0.1, 0.15) is 119 Å². The first-order chi connectivity index (χ1) is 24.3. The lowest BCUT2D eigenvalue weighted by Crippen LogP contribution is -2.63. The highest BCUT2D eigenvalue weighted by atomic mass is 32.1. The molecule has 0 aromatic carbocycles. The largest absolute Gasteiger partial charge is 0.387 e. The first-order valence-electron chi connectivity index (χ1n) is 19.0. The first-order valence-corrected chi connectivity index (χ1v) is 19.4. The van der Waals surface area contributed by atoms with Gasteiger partial charge < -0.3 is 43.6 Å². The zero-order chi connectivity index (χ0) is 39.8. The summed E-state index contributed by atoms with van der Waals surface area (Å²) in [6.45, 7) is 12.5. The van der Waals surface area contributed by atoms with Gasteiger partial charge in [0.25, 0.3) is 5.91 Å². The molecule has 0 aromatic heterocycles. The van der Waals surface area contributed by atoms with Crippen molar-refractivity contribution in [3.05, 3.63) is 0 Å². The molecule has 15 nitrogen and oxygen atoms in total. The summed E-state index contributed by atoms with van der Waals surface area (Å²) >= 11 is 4.55. The Labute approximate surface area is 316 Å². The summed E-state index contributed by atoms with van der Waals surface area (Å²) in [5, 5.41) is 21.6. The van der Waals surface area contributed by atoms with Crippen molar-refractivity contribution in [2.24, 2.45) is 40.9 Å². The van der Waals surface area contributed by atoms with Crippen LogP contribution in [0.15, 0.2) is 0 Å². The summed E-state index contributed by atoms with van der Waals surface area (Å²) in [6, 6.07) is -5.78. The summed E-state index contributed by atoms with van der Waals surface area (Å²) < 4.78 is 1.01. The fourth-order valence-corrected chi connectivity index (χ4v) is 6.73. The van der Waals surface area contributed by atoms with Gasteiger partial charge in [0.1, 0.15) is 30.2 Å². The summed E-state index contributed by atoms with van der Waals surface area (Å²) in [5.41, 5.74) is 15.4. The number of rotatable bonds is 23. The highest BCUT2D eigenvalue weighted by Gasteiger charge is 2.40. The lowest BCUT2D eigenvalue weighted by molar-refractivity contribution is -0.140. The van der Waals surface area contributed by atoms with E-state index in [2.05, 4.69) is 34.1 Å². The van der Waals surface area contributed by atoms with Crippen LogP contribution < -0.4 is 38.5 Å². The van der Waals surface area contributed by atoms with Crippen LogP contribution in [-0.2, 0) is 28.8 Å². The highest BCUT2D eigenvalue weighted by Crippen LogP contribution is 2.30. The Bertz CT molecular complexity index is 1180. The number of amides is 6. The van der Waals surface area contributed by atoms with Crippen molar-refractivity contribution >= 4 is 48.3 Å². The molecule has 52 heavy (non-hydrogen) atoms. The van der Waals surface area contributed by atoms with Crippen LogP contribution in [0.25, 0.3) is 0 Å². The minimum Gasteiger partial charge on any atom is -0.387 e. The quantitative estimate of drug-likeness (QED) is 0.0674. The van der Waals surface area contributed by atoms with Gasteiger partial charge in [-0.1, -0.05) is 86.5 Å². The van der Waals surface area contributed by atoms with Crippen LogP contribution in [0.4, 0.5) is 0 Å². The second kappa shape index (κ2) is 23.0. The van der Waals surface area contributed by atoms with E-state index in [4.69, 9.17) is 17.2 Å². The molecule has 0 aliphatic heterocycles. The maximum absolute atomic E-state index is 14.1. The number of nitrogens with one attached hydrogen (secondary N) is 4. The molecule has 0 unspecified atom stereocenters. The van der Waals surface area contributed by atoms with Gasteiger partial charge in [-0.15, -0.1) is 0 Å². The van der Waals surface area contributed by atoms with Crippen LogP contribution in [-0.4, -0.2) is 93.8 Å². The summed E-state index contributed by atoms with van der Waals surface area (Å²) in [7, 11) is 0. The molecule has 7 atom stereocenters. The molecule has 6 amide bonds. The second-order valence-corrected chi connectivity index (χ2v) is 15.8. The number of thiol groups is 1. The number of aliphatic hydroxyl groups is 1. The van der Waals surface area contributed by atoms with Gasteiger partial charge >= 0.3 is 0 Å². The molecule has 1 aliphatic carbocycles. The fraction of sp³-hybridized carbons (Fsp3) is 0.833. The van der Waals surface area contributed by atoms with E-state index in [0.29, 0.717) is 25.8 Å². The van der Waals surface area contributed by atoms with Crippen molar-refractivity contribution < 1.29 is 33.9 Å². The van der Waals surface area contributed by atoms with Gasteiger partial charge in [0.2, 0.25) is 29.5 Å². The molecular formula is C36H68N8O7S. The van der Waals surface area contributed by atoms with E-state index in [9.17, 15) is 33.9 Å². The number of hydrogen-bond donors (Lipinski definition) is 9. The average molecular weight is 757 g/mol. The van der Waals surface area contributed by atoms with Crippen molar-refractivity contribution in [2.75, 3.05) is 13.1 Å². The lowest BCUT2D eigenvalue weighted by Gasteiger charge is -2.35. The number of hydrogen-bond acceptors (Lipinski definition) is 10. The van der Waals surface area contributed by atoms with E-state index in [0.717, 1.165) is 36.4 Å².